The van der Waals surface area contributed by atoms with Gasteiger partial charge in [0.05, 0.1) is 0 Å². The molecule has 0 saturated carbocycles. The standard InChI is InChI=1S/C18H20F2N2O.ClH/c19-15-10-9-13(11-16(15)20)5-4-8-18(23)22-12-17(21)14-6-2-1-3-7-14;/h1-3,6-7,9-11,17H,4-5,8,12,21H2,(H,22,23);1H. The van der Waals surface area contributed by atoms with Gasteiger partial charge in [-0.2, -0.15) is 0 Å². The zero-order valence-electron chi connectivity index (χ0n) is 13.2. The summed E-state index contributed by atoms with van der Waals surface area (Å²) in [4.78, 5) is 11.8. The number of amides is 1. The first-order valence-corrected chi connectivity index (χ1v) is 7.57. The van der Waals surface area contributed by atoms with Crippen LogP contribution in [0.15, 0.2) is 48.5 Å². The predicted molar refractivity (Wildman–Crippen MR) is 92.9 cm³/mol. The number of carbonyl (C=O) groups is 1. The fourth-order valence-electron chi connectivity index (χ4n) is 2.28. The molecule has 0 fully saturated rings. The van der Waals surface area contributed by atoms with Crippen molar-refractivity contribution in [1.82, 2.24) is 5.32 Å². The minimum atomic E-state index is -0.860. The van der Waals surface area contributed by atoms with Crippen LogP contribution < -0.4 is 11.1 Å². The third kappa shape index (κ3) is 6.26. The summed E-state index contributed by atoms with van der Waals surface area (Å²) in [5.41, 5.74) is 7.65. The predicted octanol–water partition coefficient (Wildman–Crippen LogP) is 3.53. The Kier molecular flexibility index (Phi) is 8.36. The van der Waals surface area contributed by atoms with Crippen LogP contribution in [-0.4, -0.2) is 12.5 Å². The Labute approximate surface area is 146 Å². The SMILES string of the molecule is Cl.NC(CNC(=O)CCCc1ccc(F)c(F)c1)c1ccccc1. The molecule has 1 unspecified atom stereocenters. The van der Waals surface area contributed by atoms with Crippen LogP contribution in [0.4, 0.5) is 8.78 Å². The van der Waals surface area contributed by atoms with E-state index < -0.39 is 11.6 Å². The van der Waals surface area contributed by atoms with Crippen molar-refractivity contribution in [2.75, 3.05) is 6.54 Å². The minimum absolute atomic E-state index is 0. The minimum Gasteiger partial charge on any atom is -0.354 e. The molecule has 0 radical (unpaired) electrons. The maximum Gasteiger partial charge on any atom is 0.220 e. The van der Waals surface area contributed by atoms with Gasteiger partial charge in [0.15, 0.2) is 11.6 Å². The largest absolute Gasteiger partial charge is 0.354 e. The van der Waals surface area contributed by atoms with E-state index in [2.05, 4.69) is 5.32 Å². The highest BCUT2D eigenvalue weighted by Gasteiger charge is 2.08. The molecule has 0 aliphatic rings. The van der Waals surface area contributed by atoms with Crippen LogP contribution >= 0.6 is 12.4 Å². The first-order valence-electron chi connectivity index (χ1n) is 7.57. The highest BCUT2D eigenvalue weighted by atomic mass is 35.5. The monoisotopic (exact) mass is 354 g/mol. The van der Waals surface area contributed by atoms with Crippen LogP contribution in [0.5, 0.6) is 0 Å². The van der Waals surface area contributed by atoms with Crippen molar-refractivity contribution in [3.63, 3.8) is 0 Å². The topological polar surface area (TPSA) is 55.1 Å². The number of halogens is 3. The Balaban J connectivity index is 0.00000288. The number of carbonyl (C=O) groups excluding carboxylic acids is 1. The lowest BCUT2D eigenvalue weighted by molar-refractivity contribution is -0.121. The first-order chi connectivity index (χ1) is 11.1. The van der Waals surface area contributed by atoms with Gasteiger partial charge < -0.3 is 11.1 Å². The Morgan fingerprint density at radius 1 is 1.08 bits per heavy atom. The molecular formula is C18H21ClF2N2O. The molecule has 0 bridgehead atoms. The zero-order chi connectivity index (χ0) is 16.7. The van der Waals surface area contributed by atoms with Gasteiger partial charge in [-0.05, 0) is 36.1 Å². The molecule has 3 nitrogen and oxygen atoms in total. The molecule has 0 aliphatic carbocycles. The molecule has 0 heterocycles. The van der Waals surface area contributed by atoms with Crippen LogP contribution in [0.25, 0.3) is 0 Å². The molecule has 0 aliphatic heterocycles. The second-order valence-electron chi connectivity index (χ2n) is 5.42. The van der Waals surface area contributed by atoms with Gasteiger partial charge in [0.25, 0.3) is 0 Å². The summed E-state index contributed by atoms with van der Waals surface area (Å²) in [6, 6.07) is 13.1. The van der Waals surface area contributed by atoms with Crippen LogP contribution in [-0.2, 0) is 11.2 Å². The van der Waals surface area contributed by atoms with E-state index in [0.29, 0.717) is 31.4 Å². The quantitative estimate of drug-likeness (QED) is 0.799. The fraction of sp³-hybridized carbons (Fsp3) is 0.278. The van der Waals surface area contributed by atoms with Crippen LogP contribution in [0, 0.1) is 11.6 Å². The molecule has 2 aromatic rings. The fourth-order valence-corrected chi connectivity index (χ4v) is 2.28. The molecule has 2 rings (SSSR count). The van der Waals surface area contributed by atoms with Crippen molar-refractivity contribution in [2.24, 2.45) is 5.73 Å². The van der Waals surface area contributed by atoms with Crippen molar-refractivity contribution in [2.45, 2.75) is 25.3 Å². The third-order valence-corrected chi connectivity index (χ3v) is 3.60. The van der Waals surface area contributed by atoms with Gasteiger partial charge >= 0.3 is 0 Å². The molecule has 3 N–H and O–H groups in total. The van der Waals surface area contributed by atoms with Crippen molar-refractivity contribution in [3.05, 3.63) is 71.3 Å². The van der Waals surface area contributed by atoms with E-state index in [1.54, 1.807) is 0 Å². The molecule has 2 aromatic carbocycles. The van der Waals surface area contributed by atoms with Crippen molar-refractivity contribution >= 4 is 18.3 Å². The summed E-state index contributed by atoms with van der Waals surface area (Å²) in [6.45, 7) is 0.369. The molecular weight excluding hydrogens is 334 g/mol. The van der Waals surface area contributed by atoms with Crippen LogP contribution in [0.2, 0.25) is 0 Å². The number of benzene rings is 2. The molecule has 0 saturated heterocycles. The second-order valence-corrected chi connectivity index (χ2v) is 5.42. The van der Waals surface area contributed by atoms with Gasteiger partial charge in [-0.15, -0.1) is 12.4 Å². The summed E-state index contributed by atoms with van der Waals surface area (Å²) < 4.78 is 25.9. The average Bonchev–Trinajstić information content (AvgIpc) is 2.56. The smallest absolute Gasteiger partial charge is 0.220 e. The molecule has 1 amide bonds. The van der Waals surface area contributed by atoms with Gasteiger partial charge in [-0.3, -0.25) is 4.79 Å². The Hall–Kier alpha value is -1.98. The third-order valence-electron chi connectivity index (χ3n) is 3.60. The molecule has 24 heavy (non-hydrogen) atoms. The summed E-state index contributed by atoms with van der Waals surface area (Å²) in [5, 5.41) is 2.79. The van der Waals surface area contributed by atoms with E-state index >= 15 is 0 Å². The molecule has 0 aromatic heterocycles. The number of hydrogen-bond donors (Lipinski definition) is 2. The summed E-state index contributed by atoms with van der Waals surface area (Å²) in [7, 11) is 0. The number of nitrogens with two attached hydrogens (primary N) is 1. The molecule has 1 atom stereocenters. The lowest BCUT2D eigenvalue weighted by atomic mass is 10.1. The van der Waals surface area contributed by atoms with Crippen molar-refractivity contribution in [1.29, 1.82) is 0 Å². The number of rotatable bonds is 7. The number of nitrogens with one attached hydrogen (secondary N) is 1. The van der Waals surface area contributed by atoms with Gasteiger partial charge in [0.2, 0.25) is 5.91 Å². The highest BCUT2D eigenvalue weighted by Crippen LogP contribution is 2.11. The van der Waals surface area contributed by atoms with Gasteiger partial charge in [-0.1, -0.05) is 36.4 Å². The maximum atomic E-state index is 13.1. The zero-order valence-corrected chi connectivity index (χ0v) is 14.0. The lowest BCUT2D eigenvalue weighted by Gasteiger charge is -2.13. The van der Waals surface area contributed by atoms with Gasteiger partial charge in [-0.25, -0.2) is 8.78 Å². The summed E-state index contributed by atoms with van der Waals surface area (Å²) >= 11 is 0. The van der Waals surface area contributed by atoms with E-state index in [9.17, 15) is 13.6 Å². The lowest BCUT2D eigenvalue weighted by Crippen LogP contribution is -2.31. The van der Waals surface area contributed by atoms with Crippen LogP contribution in [0.1, 0.15) is 30.0 Å². The molecule has 0 spiro atoms. The highest BCUT2D eigenvalue weighted by molar-refractivity contribution is 5.85. The second kappa shape index (κ2) is 10.0. The maximum absolute atomic E-state index is 13.1. The van der Waals surface area contributed by atoms with E-state index in [-0.39, 0.29) is 24.4 Å². The van der Waals surface area contributed by atoms with E-state index in [1.807, 2.05) is 30.3 Å². The Morgan fingerprint density at radius 2 is 1.79 bits per heavy atom. The average molecular weight is 355 g/mol. The van der Waals surface area contributed by atoms with Crippen LogP contribution in [0.3, 0.4) is 0 Å². The normalized spacial score (nSPS) is 11.5. The Morgan fingerprint density at radius 3 is 2.46 bits per heavy atom. The Bertz CT molecular complexity index is 653. The van der Waals surface area contributed by atoms with Crippen molar-refractivity contribution < 1.29 is 13.6 Å². The van der Waals surface area contributed by atoms with Gasteiger partial charge in [0.1, 0.15) is 0 Å². The first kappa shape index (κ1) is 20.1. The number of hydrogen-bond acceptors (Lipinski definition) is 2. The van der Waals surface area contributed by atoms with Gasteiger partial charge in [0, 0.05) is 19.0 Å². The molecule has 6 heteroatoms. The number of aryl methyl sites for hydroxylation is 1. The molecule has 130 valence electrons. The van der Waals surface area contributed by atoms with E-state index in [4.69, 9.17) is 5.73 Å². The summed E-state index contributed by atoms with van der Waals surface area (Å²) in [6.07, 6.45) is 1.41. The summed E-state index contributed by atoms with van der Waals surface area (Å²) in [5.74, 6) is -1.82. The van der Waals surface area contributed by atoms with E-state index in [1.165, 1.54) is 12.1 Å². The van der Waals surface area contributed by atoms with Crippen molar-refractivity contribution in [3.8, 4) is 0 Å². The van der Waals surface area contributed by atoms with E-state index in [0.717, 1.165) is 11.6 Å².